The first-order valence-electron chi connectivity index (χ1n) is 6.96. The van der Waals surface area contributed by atoms with Gasteiger partial charge in [-0.05, 0) is 12.1 Å². The normalized spacial score (nSPS) is 11.3. The van der Waals surface area contributed by atoms with Crippen LogP contribution in [-0.2, 0) is 11.2 Å². The Morgan fingerprint density at radius 2 is 2.09 bits per heavy atom. The summed E-state index contributed by atoms with van der Waals surface area (Å²) in [6.45, 7) is 5.76. The molecule has 0 atom stereocenters. The molecule has 114 valence electrons. The lowest BCUT2D eigenvalue weighted by molar-refractivity contribution is -0.115. The molecule has 0 spiro atoms. The lowest BCUT2D eigenvalue weighted by Gasteiger charge is -2.06. The molecule has 8 nitrogen and oxygen atoms in total. The fourth-order valence-corrected chi connectivity index (χ4v) is 2.13. The van der Waals surface area contributed by atoms with E-state index in [0.717, 1.165) is 11.5 Å². The second-order valence-corrected chi connectivity index (χ2v) is 5.30. The van der Waals surface area contributed by atoms with Gasteiger partial charge in [0.05, 0.1) is 5.69 Å². The molecule has 3 rings (SSSR count). The van der Waals surface area contributed by atoms with Crippen molar-refractivity contribution in [2.24, 2.45) is 0 Å². The highest BCUT2D eigenvalue weighted by Crippen LogP contribution is 2.17. The number of nitrogens with zero attached hydrogens (tertiary/aromatic N) is 5. The predicted molar refractivity (Wildman–Crippen MR) is 78.4 cm³/mol. The molecule has 0 aliphatic carbocycles. The molecule has 1 N–H and O–H groups in total. The first-order valence-corrected chi connectivity index (χ1v) is 6.96. The second-order valence-electron chi connectivity index (χ2n) is 5.30. The summed E-state index contributed by atoms with van der Waals surface area (Å²) in [5, 5.41) is 18.6. The number of anilines is 1. The Labute approximate surface area is 126 Å². The molecule has 0 radical (unpaired) electrons. The summed E-state index contributed by atoms with van der Waals surface area (Å²) in [5.74, 6) is 1.60. The largest absolute Gasteiger partial charge is 0.425 e. The minimum absolute atomic E-state index is 0.0398. The highest BCUT2D eigenvalue weighted by atomic mass is 16.4. The fraction of sp³-hybridized carbons (Fsp3) is 0.357. The number of fused-ring (bicyclic) bond motifs is 1. The van der Waals surface area contributed by atoms with Gasteiger partial charge in [-0.25, -0.2) is 0 Å². The lowest BCUT2D eigenvalue weighted by atomic mass is 10.2. The summed E-state index contributed by atoms with van der Waals surface area (Å²) >= 11 is 0. The Balaban J connectivity index is 1.78. The van der Waals surface area contributed by atoms with Crippen LogP contribution in [0.2, 0.25) is 0 Å². The smallest absolute Gasteiger partial charge is 0.233 e. The third-order valence-electron chi connectivity index (χ3n) is 3.11. The van der Waals surface area contributed by atoms with E-state index in [-0.39, 0.29) is 18.2 Å². The molecule has 0 aliphatic rings. The molecule has 0 saturated heterocycles. The maximum Gasteiger partial charge on any atom is 0.233 e. The van der Waals surface area contributed by atoms with Crippen molar-refractivity contribution in [3.63, 3.8) is 0 Å². The van der Waals surface area contributed by atoms with Crippen LogP contribution in [0.5, 0.6) is 0 Å². The van der Waals surface area contributed by atoms with E-state index in [9.17, 15) is 4.79 Å². The predicted octanol–water partition coefficient (Wildman–Crippen LogP) is 1.73. The van der Waals surface area contributed by atoms with Crippen LogP contribution >= 0.6 is 0 Å². The first-order chi connectivity index (χ1) is 10.5. The van der Waals surface area contributed by atoms with E-state index in [4.69, 9.17) is 4.42 Å². The minimum atomic E-state index is -0.220. The third kappa shape index (κ3) is 2.80. The zero-order valence-corrected chi connectivity index (χ0v) is 12.6. The number of rotatable bonds is 4. The molecule has 3 aromatic heterocycles. The quantitative estimate of drug-likeness (QED) is 0.787. The number of hydrogen-bond acceptors (Lipinski definition) is 6. The van der Waals surface area contributed by atoms with E-state index >= 15 is 0 Å². The number of carbonyl (C=O) groups excluding carboxylic acids is 1. The topological polar surface area (TPSA) is 98.2 Å². The Morgan fingerprint density at radius 3 is 2.77 bits per heavy atom. The van der Waals surface area contributed by atoms with Crippen molar-refractivity contribution < 1.29 is 9.21 Å². The molecule has 8 heteroatoms. The highest BCUT2D eigenvalue weighted by molar-refractivity contribution is 5.91. The summed E-state index contributed by atoms with van der Waals surface area (Å²) < 4.78 is 7.06. The Bertz CT molecular complexity index is 820. The van der Waals surface area contributed by atoms with Gasteiger partial charge in [-0.2, -0.15) is 0 Å². The Kier molecular flexibility index (Phi) is 3.58. The maximum atomic E-state index is 12.0. The Hall–Kier alpha value is -2.77. The number of pyridine rings is 1. The van der Waals surface area contributed by atoms with Crippen LogP contribution < -0.4 is 5.32 Å². The zero-order chi connectivity index (χ0) is 15.7. The van der Waals surface area contributed by atoms with Gasteiger partial charge in [0.15, 0.2) is 5.65 Å². The van der Waals surface area contributed by atoms with Crippen LogP contribution in [0.4, 0.5) is 5.69 Å². The highest BCUT2D eigenvalue weighted by Gasteiger charge is 2.12. The maximum absolute atomic E-state index is 12.0. The number of carbonyl (C=O) groups is 1. The SMILES string of the molecule is Cc1nnc(CC(=O)Nc2ccc3nnc(C(C)C)n3c2)o1. The Morgan fingerprint density at radius 1 is 1.27 bits per heavy atom. The van der Waals surface area contributed by atoms with Crippen molar-refractivity contribution in [2.45, 2.75) is 33.1 Å². The van der Waals surface area contributed by atoms with Crippen LogP contribution in [0.1, 0.15) is 37.4 Å². The van der Waals surface area contributed by atoms with Gasteiger partial charge in [-0.1, -0.05) is 13.8 Å². The van der Waals surface area contributed by atoms with Crippen molar-refractivity contribution in [1.82, 2.24) is 24.8 Å². The molecular formula is C14H16N6O2. The van der Waals surface area contributed by atoms with Gasteiger partial charge in [0.25, 0.3) is 0 Å². The van der Waals surface area contributed by atoms with Gasteiger partial charge >= 0.3 is 0 Å². The van der Waals surface area contributed by atoms with Crippen molar-refractivity contribution in [3.8, 4) is 0 Å². The zero-order valence-electron chi connectivity index (χ0n) is 12.6. The van der Waals surface area contributed by atoms with E-state index in [1.807, 2.05) is 30.5 Å². The van der Waals surface area contributed by atoms with Crippen LogP contribution in [0, 0.1) is 6.92 Å². The molecule has 0 unspecified atom stereocenters. The molecule has 1 amide bonds. The molecule has 0 fully saturated rings. The monoisotopic (exact) mass is 300 g/mol. The van der Waals surface area contributed by atoms with E-state index in [2.05, 4.69) is 25.7 Å². The van der Waals surface area contributed by atoms with Gasteiger partial charge < -0.3 is 9.73 Å². The first kappa shape index (κ1) is 14.2. The molecule has 0 bridgehead atoms. The van der Waals surface area contributed by atoms with Gasteiger partial charge in [0.1, 0.15) is 12.2 Å². The summed E-state index contributed by atoms with van der Waals surface area (Å²) in [7, 11) is 0. The van der Waals surface area contributed by atoms with E-state index in [1.54, 1.807) is 13.0 Å². The number of aryl methyl sites for hydroxylation is 1. The van der Waals surface area contributed by atoms with E-state index in [0.29, 0.717) is 17.5 Å². The number of nitrogens with one attached hydrogen (secondary N) is 1. The second kappa shape index (κ2) is 5.55. The third-order valence-corrected chi connectivity index (χ3v) is 3.11. The van der Waals surface area contributed by atoms with Crippen molar-refractivity contribution in [2.75, 3.05) is 5.32 Å². The van der Waals surface area contributed by atoms with Gasteiger partial charge in [-0.3, -0.25) is 9.20 Å². The van der Waals surface area contributed by atoms with Gasteiger partial charge in [-0.15, -0.1) is 20.4 Å². The summed E-state index contributed by atoms with van der Waals surface area (Å²) in [5.41, 5.74) is 1.41. The number of amides is 1. The van der Waals surface area contributed by atoms with Crippen LogP contribution in [0.15, 0.2) is 22.7 Å². The summed E-state index contributed by atoms with van der Waals surface area (Å²) in [4.78, 5) is 12.0. The van der Waals surface area contributed by atoms with E-state index in [1.165, 1.54) is 0 Å². The molecule has 22 heavy (non-hydrogen) atoms. The standard InChI is InChI=1S/C14H16N6O2/c1-8(2)14-19-17-11-5-4-10(7-20(11)14)15-12(21)6-13-18-16-9(3)22-13/h4-5,7-8H,6H2,1-3H3,(H,15,21). The van der Waals surface area contributed by atoms with E-state index < -0.39 is 0 Å². The lowest BCUT2D eigenvalue weighted by Crippen LogP contribution is -2.15. The van der Waals surface area contributed by atoms with Crippen molar-refractivity contribution >= 4 is 17.2 Å². The van der Waals surface area contributed by atoms with Crippen molar-refractivity contribution in [3.05, 3.63) is 35.9 Å². The van der Waals surface area contributed by atoms with Crippen LogP contribution in [0.25, 0.3) is 5.65 Å². The number of hydrogen-bond donors (Lipinski definition) is 1. The summed E-state index contributed by atoms with van der Waals surface area (Å²) in [6, 6.07) is 3.59. The molecule has 3 aromatic rings. The van der Waals surface area contributed by atoms with Gasteiger partial charge in [0, 0.05) is 19.0 Å². The summed E-state index contributed by atoms with van der Waals surface area (Å²) in [6.07, 6.45) is 1.85. The fourth-order valence-electron chi connectivity index (χ4n) is 2.13. The average Bonchev–Trinajstić information content (AvgIpc) is 3.04. The molecule has 0 aromatic carbocycles. The molecule has 0 saturated carbocycles. The van der Waals surface area contributed by atoms with Gasteiger partial charge in [0.2, 0.25) is 17.7 Å². The molecule has 0 aliphatic heterocycles. The number of aromatic nitrogens is 5. The molecule has 3 heterocycles. The molecular weight excluding hydrogens is 284 g/mol. The average molecular weight is 300 g/mol. The minimum Gasteiger partial charge on any atom is -0.425 e. The van der Waals surface area contributed by atoms with Crippen molar-refractivity contribution in [1.29, 1.82) is 0 Å². The van der Waals surface area contributed by atoms with Crippen LogP contribution in [0.3, 0.4) is 0 Å². The van der Waals surface area contributed by atoms with Crippen LogP contribution in [-0.4, -0.2) is 30.7 Å².